The third-order valence-electron chi connectivity index (χ3n) is 9.13. The third-order valence-corrected chi connectivity index (χ3v) is 9.13. The predicted molar refractivity (Wildman–Crippen MR) is 208 cm³/mol. The zero-order chi connectivity index (χ0) is 33.3. The van der Waals surface area contributed by atoms with Crippen LogP contribution in [0.5, 0.6) is 0 Å². The summed E-state index contributed by atoms with van der Waals surface area (Å²) in [4.78, 5) is 4.72. The fraction of sp³-hybridized carbons (Fsp3) is 0.217. The molecule has 0 aliphatic rings. The van der Waals surface area contributed by atoms with Gasteiger partial charge in [0.15, 0.2) is 0 Å². The van der Waals surface area contributed by atoms with Crippen molar-refractivity contribution < 1.29 is 0 Å². The molecule has 0 saturated carbocycles. The third kappa shape index (κ3) is 7.89. The quantitative estimate of drug-likeness (QED) is 0.126. The molecule has 0 radical (unpaired) electrons. The summed E-state index contributed by atoms with van der Waals surface area (Å²) in [5, 5.41) is 0. The van der Waals surface area contributed by atoms with Gasteiger partial charge in [0.05, 0.1) is 0 Å². The molecule has 0 spiro atoms. The maximum atomic E-state index is 2.36. The van der Waals surface area contributed by atoms with Gasteiger partial charge < -0.3 is 9.80 Å². The van der Waals surface area contributed by atoms with Gasteiger partial charge in [-0.2, -0.15) is 0 Å². The minimum Gasteiger partial charge on any atom is -0.310 e. The van der Waals surface area contributed by atoms with Crippen molar-refractivity contribution in [1.82, 2.24) is 0 Å². The maximum Gasteiger partial charge on any atom is 0.0464 e. The van der Waals surface area contributed by atoms with Crippen molar-refractivity contribution in [1.29, 1.82) is 0 Å². The first-order chi connectivity index (χ1) is 23.5. The molecule has 0 unspecified atom stereocenters. The Morgan fingerprint density at radius 2 is 0.708 bits per heavy atom. The van der Waals surface area contributed by atoms with Crippen LogP contribution in [0.2, 0.25) is 0 Å². The summed E-state index contributed by atoms with van der Waals surface area (Å²) in [6.45, 7) is 8.82. The van der Waals surface area contributed by atoms with Crippen LogP contribution in [-0.4, -0.2) is 0 Å². The highest BCUT2D eigenvalue weighted by molar-refractivity contribution is 5.81. The summed E-state index contributed by atoms with van der Waals surface area (Å²) in [6, 6.07) is 53.7. The number of hydrogen-bond donors (Lipinski definition) is 0. The summed E-state index contributed by atoms with van der Waals surface area (Å²) < 4.78 is 0. The Morgan fingerprint density at radius 1 is 0.375 bits per heavy atom. The first-order valence-corrected chi connectivity index (χ1v) is 17.6. The summed E-state index contributed by atoms with van der Waals surface area (Å²) in [5.41, 5.74) is 14.7. The molecule has 0 aliphatic carbocycles. The zero-order valence-corrected chi connectivity index (χ0v) is 29.0. The van der Waals surface area contributed by atoms with E-state index in [1.54, 1.807) is 0 Å². The van der Waals surface area contributed by atoms with Gasteiger partial charge in [0.2, 0.25) is 0 Å². The van der Waals surface area contributed by atoms with Crippen LogP contribution in [0.1, 0.15) is 61.8 Å². The molecule has 2 nitrogen and oxygen atoms in total. The number of benzene rings is 6. The van der Waals surface area contributed by atoms with E-state index in [2.05, 4.69) is 183 Å². The molecule has 0 aromatic heterocycles. The summed E-state index contributed by atoms with van der Waals surface area (Å²) in [7, 11) is 0. The van der Waals surface area contributed by atoms with Crippen molar-refractivity contribution in [2.45, 2.75) is 66.2 Å². The first-order valence-electron chi connectivity index (χ1n) is 17.6. The highest BCUT2D eigenvalue weighted by Crippen LogP contribution is 2.38. The van der Waals surface area contributed by atoms with Crippen molar-refractivity contribution >= 4 is 34.1 Å². The molecule has 0 fully saturated rings. The van der Waals surface area contributed by atoms with Gasteiger partial charge >= 0.3 is 0 Å². The van der Waals surface area contributed by atoms with Crippen molar-refractivity contribution in [2.24, 2.45) is 0 Å². The smallest absolute Gasteiger partial charge is 0.0464 e. The fourth-order valence-corrected chi connectivity index (χ4v) is 6.42. The average Bonchev–Trinajstić information content (AvgIpc) is 3.12. The Hall–Kier alpha value is -5.08. The van der Waals surface area contributed by atoms with Gasteiger partial charge in [-0.1, -0.05) is 99.5 Å². The maximum absolute atomic E-state index is 2.36. The SMILES string of the molecule is CCCCc1ccc(N(c2ccc(-c3ccc(N(c4ccc(CCCC)cc4)c4cccc(C)c4)cc3)cc2)c2cccc(C)c2)cc1. The van der Waals surface area contributed by atoms with Gasteiger partial charge in [-0.15, -0.1) is 0 Å². The number of rotatable bonds is 13. The standard InChI is InChI=1S/C46H48N2/c1-5-7-13-37-17-25-41(26-18-37)47(45-15-9-11-35(3)33-45)43-29-21-39(22-30-43)40-23-31-44(32-24-40)48(46-16-10-12-36(4)34-46)42-27-19-38(20-28-42)14-8-6-2/h9-12,15-34H,5-8,13-14H2,1-4H3. The van der Waals surface area contributed by atoms with Gasteiger partial charge in [-0.3, -0.25) is 0 Å². The van der Waals surface area contributed by atoms with Gasteiger partial charge in [-0.25, -0.2) is 0 Å². The van der Waals surface area contributed by atoms with E-state index in [1.807, 2.05) is 0 Å². The van der Waals surface area contributed by atoms with Crippen LogP contribution in [0.4, 0.5) is 34.1 Å². The van der Waals surface area contributed by atoms with Crippen LogP contribution in [-0.2, 0) is 12.8 Å². The lowest BCUT2D eigenvalue weighted by Crippen LogP contribution is -2.10. The van der Waals surface area contributed by atoms with Crippen molar-refractivity contribution in [3.63, 3.8) is 0 Å². The number of unbranched alkanes of at least 4 members (excludes halogenated alkanes) is 2. The van der Waals surface area contributed by atoms with Crippen LogP contribution < -0.4 is 9.80 Å². The molecule has 0 N–H and O–H groups in total. The monoisotopic (exact) mass is 628 g/mol. The molecule has 6 aromatic carbocycles. The van der Waals surface area contributed by atoms with Gasteiger partial charge in [0.1, 0.15) is 0 Å². The highest BCUT2D eigenvalue weighted by atomic mass is 15.1. The van der Waals surface area contributed by atoms with E-state index in [9.17, 15) is 0 Å². The molecule has 242 valence electrons. The second-order valence-corrected chi connectivity index (χ2v) is 13.0. The van der Waals surface area contributed by atoms with Crippen LogP contribution in [0, 0.1) is 13.8 Å². The average molecular weight is 629 g/mol. The number of nitrogens with zero attached hydrogens (tertiary/aromatic N) is 2. The van der Waals surface area contributed by atoms with Gasteiger partial charge in [0, 0.05) is 34.1 Å². The first kappa shape index (κ1) is 32.8. The van der Waals surface area contributed by atoms with Crippen LogP contribution >= 0.6 is 0 Å². The molecule has 6 rings (SSSR count). The van der Waals surface area contributed by atoms with Crippen molar-refractivity contribution in [3.8, 4) is 11.1 Å². The van der Waals surface area contributed by atoms with Crippen LogP contribution in [0.15, 0.2) is 146 Å². The molecule has 2 heteroatoms. The molecule has 0 saturated heterocycles. The molecule has 0 amide bonds. The summed E-state index contributed by atoms with van der Waals surface area (Å²) >= 11 is 0. The van der Waals surface area contributed by atoms with E-state index in [-0.39, 0.29) is 0 Å². The molecule has 0 bridgehead atoms. The van der Waals surface area contributed by atoms with Crippen LogP contribution in [0.3, 0.4) is 0 Å². The number of anilines is 6. The lowest BCUT2D eigenvalue weighted by molar-refractivity contribution is 0.795. The molecule has 0 atom stereocenters. The Balaban J connectivity index is 1.29. The van der Waals surface area contributed by atoms with Crippen molar-refractivity contribution in [2.75, 3.05) is 9.80 Å². The van der Waals surface area contributed by atoms with E-state index in [4.69, 9.17) is 0 Å². The Morgan fingerprint density at radius 3 is 1.02 bits per heavy atom. The fourth-order valence-electron chi connectivity index (χ4n) is 6.42. The molecule has 0 aliphatic heterocycles. The Kier molecular flexibility index (Phi) is 10.7. The van der Waals surface area contributed by atoms with Gasteiger partial charge in [-0.05, 0) is 146 Å². The Bertz CT molecular complexity index is 1740. The highest BCUT2D eigenvalue weighted by Gasteiger charge is 2.15. The lowest BCUT2D eigenvalue weighted by atomic mass is 10.0. The second-order valence-electron chi connectivity index (χ2n) is 13.0. The van der Waals surface area contributed by atoms with Crippen molar-refractivity contribution in [3.05, 3.63) is 168 Å². The minimum absolute atomic E-state index is 1.13. The lowest BCUT2D eigenvalue weighted by Gasteiger charge is -2.27. The summed E-state index contributed by atoms with van der Waals surface area (Å²) in [6.07, 6.45) is 7.12. The van der Waals surface area contributed by atoms with E-state index in [0.717, 1.165) is 24.2 Å². The molecular weight excluding hydrogens is 581 g/mol. The van der Waals surface area contributed by atoms with E-state index >= 15 is 0 Å². The number of aryl methyl sites for hydroxylation is 4. The second kappa shape index (κ2) is 15.7. The van der Waals surface area contributed by atoms with E-state index in [0.29, 0.717) is 0 Å². The van der Waals surface area contributed by atoms with Crippen LogP contribution in [0.25, 0.3) is 11.1 Å². The van der Waals surface area contributed by atoms with E-state index in [1.165, 1.54) is 81.8 Å². The van der Waals surface area contributed by atoms with E-state index < -0.39 is 0 Å². The molecule has 48 heavy (non-hydrogen) atoms. The van der Waals surface area contributed by atoms with Gasteiger partial charge in [0.25, 0.3) is 0 Å². The normalized spacial score (nSPS) is 11.0. The predicted octanol–water partition coefficient (Wildman–Crippen LogP) is 13.6. The minimum atomic E-state index is 1.13. The topological polar surface area (TPSA) is 6.48 Å². The zero-order valence-electron chi connectivity index (χ0n) is 29.0. The number of hydrogen-bond acceptors (Lipinski definition) is 2. The largest absolute Gasteiger partial charge is 0.310 e. The molecule has 0 heterocycles. The molecule has 6 aromatic rings. The molecular formula is C46H48N2. The Labute approximate surface area is 288 Å². The summed E-state index contributed by atoms with van der Waals surface area (Å²) in [5.74, 6) is 0.